The van der Waals surface area contributed by atoms with Crippen LogP contribution in [0.4, 0.5) is 0 Å². The second-order valence-corrected chi connectivity index (χ2v) is 6.82. The van der Waals surface area contributed by atoms with E-state index in [1.165, 1.54) is 0 Å². The van der Waals surface area contributed by atoms with Crippen molar-refractivity contribution in [2.45, 2.75) is 40.0 Å². The Morgan fingerprint density at radius 1 is 1.23 bits per heavy atom. The fourth-order valence-corrected chi connectivity index (χ4v) is 2.45. The van der Waals surface area contributed by atoms with Gasteiger partial charge in [0.25, 0.3) is 0 Å². The molecule has 2 N–H and O–H groups in total. The van der Waals surface area contributed by atoms with Gasteiger partial charge in [0.2, 0.25) is 0 Å². The van der Waals surface area contributed by atoms with Crippen LogP contribution in [0.25, 0.3) is 5.57 Å². The topological polar surface area (TPSA) is 105 Å². The first kappa shape index (κ1) is 18.6. The molecule has 0 spiro atoms. The van der Waals surface area contributed by atoms with Crippen molar-refractivity contribution in [3.8, 4) is 0 Å². The van der Waals surface area contributed by atoms with Crippen LogP contribution < -0.4 is 5.63 Å². The third-order valence-electron chi connectivity index (χ3n) is 3.29. The predicted octanol–water partition coefficient (Wildman–Crippen LogP) is 2.22. The van der Waals surface area contributed by atoms with Gasteiger partial charge in [-0.3, -0.25) is 9.36 Å². The number of ketones is 1. The molecular formula is C15H21O6P. The molecule has 1 aliphatic carbocycles. The van der Waals surface area contributed by atoms with Gasteiger partial charge in [-0.05, 0) is 37.0 Å². The molecular weight excluding hydrogens is 307 g/mol. The van der Waals surface area contributed by atoms with Gasteiger partial charge in [-0.2, -0.15) is 0 Å². The van der Waals surface area contributed by atoms with E-state index in [4.69, 9.17) is 14.2 Å². The third kappa shape index (κ3) is 4.77. The zero-order chi connectivity index (χ0) is 17.1. The summed E-state index contributed by atoms with van der Waals surface area (Å²) < 4.78 is 14.6. The third-order valence-corrected chi connectivity index (χ3v) is 3.29. The van der Waals surface area contributed by atoms with E-state index < -0.39 is 7.60 Å². The van der Waals surface area contributed by atoms with Crippen molar-refractivity contribution in [3.63, 3.8) is 0 Å². The lowest BCUT2D eigenvalue weighted by atomic mass is 9.88. The highest BCUT2D eigenvalue weighted by Gasteiger charge is 2.23. The normalized spacial score (nSPS) is 13.9. The zero-order valence-electron chi connectivity index (χ0n) is 13.2. The average Bonchev–Trinajstić information content (AvgIpc) is 2.35. The molecule has 22 heavy (non-hydrogen) atoms. The van der Waals surface area contributed by atoms with Crippen LogP contribution in [0.15, 0.2) is 15.3 Å². The summed E-state index contributed by atoms with van der Waals surface area (Å²) in [5.41, 5.74) is 3.35. The molecule has 0 atom stereocenters. The molecule has 0 amide bonds. The average molecular weight is 328 g/mol. The number of hydrogen-bond acceptors (Lipinski definition) is 4. The molecule has 0 unspecified atom stereocenters. The van der Waals surface area contributed by atoms with Crippen LogP contribution in [0.3, 0.4) is 0 Å². The number of fused-ring (bicyclic) bond motifs is 1. The fourth-order valence-electron chi connectivity index (χ4n) is 2.45. The Hall–Kier alpha value is -1.49. The molecule has 0 aromatic carbocycles. The summed E-state index contributed by atoms with van der Waals surface area (Å²) in [6, 6.07) is 0. The lowest BCUT2D eigenvalue weighted by Gasteiger charge is -2.18. The van der Waals surface area contributed by atoms with E-state index in [-0.39, 0.29) is 17.8 Å². The molecule has 6 nitrogen and oxygen atoms in total. The molecule has 1 aromatic heterocycles. The molecule has 1 aliphatic rings. The Labute approximate surface area is 129 Å². The van der Waals surface area contributed by atoms with E-state index in [9.17, 15) is 14.2 Å². The van der Waals surface area contributed by atoms with Crippen molar-refractivity contribution < 1.29 is 23.6 Å². The number of carbonyl (C=O) groups excluding carboxylic acids is 1. The van der Waals surface area contributed by atoms with E-state index in [1.54, 1.807) is 6.08 Å². The second kappa shape index (κ2) is 7.18. The summed E-state index contributed by atoms with van der Waals surface area (Å²) in [6.07, 6.45) is 3.32. The fraction of sp³-hybridized carbons (Fsp3) is 0.467. The van der Waals surface area contributed by atoms with Crippen molar-refractivity contribution in [2.75, 3.05) is 6.66 Å². The van der Waals surface area contributed by atoms with Gasteiger partial charge in [0.05, 0.1) is 6.42 Å². The van der Waals surface area contributed by atoms with Gasteiger partial charge >= 0.3 is 13.2 Å². The Kier molecular flexibility index (Phi) is 6.06. The molecule has 2 rings (SSSR count). The first-order chi connectivity index (χ1) is 10.1. The molecule has 0 aliphatic heterocycles. The minimum Gasteiger partial charge on any atom is -0.427 e. The quantitative estimate of drug-likeness (QED) is 0.807. The molecule has 1 aromatic rings. The Morgan fingerprint density at radius 2 is 1.77 bits per heavy atom. The SMILES string of the molecule is CCC1=CC(=O)Cc2oc(=O)c(CC)c(C)c21.CP(=O)(O)O. The summed E-state index contributed by atoms with van der Waals surface area (Å²) in [4.78, 5) is 38.5. The Bertz CT molecular complexity index is 699. The summed E-state index contributed by atoms with van der Waals surface area (Å²) in [6.45, 7) is 6.74. The van der Waals surface area contributed by atoms with Crippen LogP contribution >= 0.6 is 7.60 Å². The lowest BCUT2D eigenvalue weighted by molar-refractivity contribution is -0.114. The molecule has 0 bridgehead atoms. The van der Waals surface area contributed by atoms with Crippen molar-refractivity contribution in [2.24, 2.45) is 0 Å². The summed E-state index contributed by atoms with van der Waals surface area (Å²) in [5.74, 6) is 0.551. The van der Waals surface area contributed by atoms with Gasteiger partial charge in [0, 0.05) is 17.8 Å². The van der Waals surface area contributed by atoms with Gasteiger partial charge in [-0.25, -0.2) is 4.79 Å². The molecule has 0 radical (unpaired) electrons. The lowest BCUT2D eigenvalue weighted by Crippen LogP contribution is -2.18. The van der Waals surface area contributed by atoms with Crippen molar-refractivity contribution >= 4 is 19.0 Å². The maximum atomic E-state index is 11.7. The van der Waals surface area contributed by atoms with E-state index >= 15 is 0 Å². The predicted molar refractivity (Wildman–Crippen MR) is 84.0 cm³/mol. The zero-order valence-corrected chi connectivity index (χ0v) is 14.1. The maximum Gasteiger partial charge on any atom is 0.339 e. The molecule has 7 heteroatoms. The van der Waals surface area contributed by atoms with Gasteiger partial charge < -0.3 is 14.2 Å². The standard InChI is InChI=1S/C14H16O3.CH5O3P/c1-4-9-6-10(15)7-12-13(9)8(3)11(5-2)14(16)17-12;1-5(2,3)4/h6H,4-5,7H2,1-3H3;1H3,(H2,2,3,4). The summed E-state index contributed by atoms with van der Waals surface area (Å²) in [7, 11) is -3.64. The molecule has 122 valence electrons. The van der Waals surface area contributed by atoms with Crippen LogP contribution in [0.5, 0.6) is 0 Å². The highest BCUT2D eigenvalue weighted by atomic mass is 31.2. The largest absolute Gasteiger partial charge is 0.427 e. The molecule has 0 saturated carbocycles. The minimum absolute atomic E-state index is 0.0150. The van der Waals surface area contributed by atoms with Crippen LogP contribution in [0.2, 0.25) is 0 Å². The van der Waals surface area contributed by atoms with E-state index in [0.29, 0.717) is 12.2 Å². The van der Waals surface area contributed by atoms with Gasteiger partial charge in [-0.1, -0.05) is 13.8 Å². The number of hydrogen-bond donors (Lipinski definition) is 2. The summed E-state index contributed by atoms with van der Waals surface area (Å²) >= 11 is 0. The van der Waals surface area contributed by atoms with Gasteiger partial charge in [0.1, 0.15) is 5.76 Å². The smallest absolute Gasteiger partial charge is 0.339 e. The van der Waals surface area contributed by atoms with Crippen molar-refractivity contribution in [1.29, 1.82) is 0 Å². The molecule has 1 heterocycles. The highest BCUT2D eigenvalue weighted by Crippen LogP contribution is 2.30. The second-order valence-electron chi connectivity index (χ2n) is 5.15. The van der Waals surface area contributed by atoms with Crippen LogP contribution in [0, 0.1) is 6.92 Å². The Balaban J connectivity index is 0.000000422. The highest BCUT2D eigenvalue weighted by molar-refractivity contribution is 7.50. The Morgan fingerprint density at radius 3 is 2.23 bits per heavy atom. The number of carbonyl (C=O) groups is 1. The molecule has 0 fully saturated rings. The van der Waals surface area contributed by atoms with Crippen molar-refractivity contribution in [1.82, 2.24) is 0 Å². The van der Waals surface area contributed by atoms with Crippen LogP contribution in [0.1, 0.15) is 42.7 Å². The first-order valence-corrected chi connectivity index (χ1v) is 9.06. The maximum absolute atomic E-state index is 11.7. The number of allylic oxidation sites excluding steroid dienone is 2. The van der Waals surface area contributed by atoms with Gasteiger partial charge in [0.15, 0.2) is 5.78 Å². The molecule has 0 saturated heterocycles. The number of rotatable bonds is 2. The van der Waals surface area contributed by atoms with Crippen molar-refractivity contribution in [3.05, 3.63) is 38.9 Å². The minimum atomic E-state index is -3.64. The van der Waals surface area contributed by atoms with E-state index in [0.717, 1.165) is 35.3 Å². The van der Waals surface area contributed by atoms with Crippen LogP contribution in [-0.2, 0) is 22.2 Å². The van der Waals surface area contributed by atoms with Gasteiger partial charge in [-0.15, -0.1) is 0 Å². The van der Waals surface area contributed by atoms with E-state index in [2.05, 4.69) is 0 Å². The van der Waals surface area contributed by atoms with Crippen LogP contribution in [-0.4, -0.2) is 22.2 Å². The van der Waals surface area contributed by atoms with E-state index in [1.807, 2.05) is 20.8 Å². The first-order valence-electron chi connectivity index (χ1n) is 7.00. The monoisotopic (exact) mass is 328 g/mol. The summed E-state index contributed by atoms with van der Waals surface area (Å²) in [5, 5.41) is 0.